The summed E-state index contributed by atoms with van der Waals surface area (Å²) in [6, 6.07) is 0. The fourth-order valence-corrected chi connectivity index (χ4v) is 0.713. The molecule has 0 aliphatic carbocycles. The fraction of sp³-hybridized carbons (Fsp3) is 0.333. The van der Waals surface area contributed by atoms with Gasteiger partial charge in [0.1, 0.15) is 25.4 Å². The molecule has 0 aliphatic heterocycles. The van der Waals surface area contributed by atoms with Crippen molar-refractivity contribution < 1.29 is 20.4 Å². The molecule has 0 fully saturated rings. The first-order valence-corrected chi connectivity index (χ1v) is 6.41. The van der Waals surface area contributed by atoms with Gasteiger partial charge in [-0.05, 0) is 38.2 Å². The van der Waals surface area contributed by atoms with E-state index in [2.05, 4.69) is 47.4 Å². The molecule has 0 heterocycles. The maximum Gasteiger partial charge on any atom is 0.112 e. The molecule has 4 nitrogen and oxygen atoms in total. The van der Waals surface area contributed by atoms with Crippen LogP contribution in [0.15, 0.2) is 24.3 Å². The van der Waals surface area contributed by atoms with Gasteiger partial charge in [-0.2, -0.15) is 0 Å². The first-order chi connectivity index (χ1) is 10.5. The van der Waals surface area contributed by atoms with Gasteiger partial charge in [-0.3, -0.25) is 0 Å². The Morgan fingerprint density at radius 1 is 0.682 bits per heavy atom. The summed E-state index contributed by atoms with van der Waals surface area (Å²) in [6.07, 6.45) is 4.87. The van der Waals surface area contributed by atoms with Gasteiger partial charge in [0.25, 0.3) is 0 Å². The van der Waals surface area contributed by atoms with Crippen molar-refractivity contribution in [2.24, 2.45) is 0 Å². The second-order valence-electron chi connectivity index (χ2n) is 3.55. The van der Waals surface area contributed by atoms with Crippen LogP contribution in [0.4, 0.5) is 0 Å². The molecule has 0 rings (SSSR count). The van der Waals surface area contributed by atoms with Crippen molar-refractivity contribution in [1.82, 2.24) is 0 Å². The summed E-state index contributed by atoms with van der Waals surface area (Å²) < 4.78 is 0. The van der Waals surface area contributed by atoms with E-state index < -0.39 is 12.2 Å². The van der Waals surface area contributed by atoms with Crippen molar-refractivity contribution in [2.75, 3.05) is 13.2 Å². The van der Waals surface area contributed by atoms with Gasteiger partial charge in [-0.1, -0.05) is 47.4 Å². The zero-order valence-electron chi connectivity index (χ0n) is 12.7. The van der Waals surface area contributed by atoms with Gasteiger partial charge in [0.2, 0.25) is 0 Å². The second-order valence-corrected chi connectivity index (χ2v) is 3.55. The Kier molecular flexibility index (Phi) is 18.4. The Hall–Kier alpha value is -2.44. The maximum absolute atomic E-state index is 8.67. The van der Waals surface area contributed by atoms with Crippen molar-refractivity contribution in [3.05, 3.63) is 24.3 Å². The van der Waals surface area contributed by atoms with Gasteiger partial charge in [-0.15, -0.1) is 0 Å². The van der Waals surface area contributed by atoms with Crippen LogP contribution in [0.25, 0.3) is 0 Å². The third-order valence-electron chi connectivity index (χ3n) is 1.45. The van der Waals surface area contributed by atoms with E-state index in [4.69, 9.17) is 20.4 Å². The summed E-state index contributed by atoms with van der Waals surface area (Å²) in [6.45, 7) is 2.88. The van der Waals surface area contributed by atoms with Gasteiger partial charge < -0.3 is 20.4 Å². The van der Waals surface area contributed by atoms with Crippen LogP contribution in [0.1, 0.15) is 13.8 Å². The highest BCUT2D eigenvalue weighted by Gasteiger charge is 1.79. The van der Waals surface area contributed by atoms with Crippen LogP contribution in [-0.2, 0) is 0 Å². The molecule has 0 aliphatic rings. The largest absolute Gasteiger partial charge is 0.384 e. The monoisotopic (exact) mass is 300 g/mol. The predicted molar refractivity (Wildman–Crippen MR) is 86.9 cm³/mol. The Balaban J connectivity index is 0. The smallest absolute Gasteiger partial charge is 0.112 e. The van der Waals surface area contributed by atoms with Crippen LogP contribution in [0.2, 0.25) is 0 Å². The van der Waals surface area contributed by atoms with Crippen LogP contribution < -0.4 is 0 Å². The van der Waals surface area contributed by atoms with Gasteiger partial charge in [0.15, 0.2) is 0 Å². The summed E-state index contributed by atoms with van der Waals surface area (Å²) in [5.41, 5.74) is 0. The molecular formula is C18H20O4. The highest BCUT2D eigenvalue weighted by molar-refractivity contribution is 5.26. The third kappa shape index (κ3) is 26.2. The molecule has 0 saturated heterocycles. The molecule has 0 aromatic heterocycles. The first-order valence-electron chi connectivity index (χ1n) is 6.41. The highest BCUT2D eigenvalue weighted by atomic mass is 16.3. The van der Waals surface area contributed by atoms with Crippen molar-refractivity contribution in [3.8, 4) is 47.4 Å². The van der Waals surface area contributed by atoms with Crippen molar-refractivity contribution >= 4 is 0 Å². The van der Waals surface area contributed by atoms with Gasteiger partial charge in [0.05, 0.1) is 0 Å². The molecule has 2 atom stereocenters. The summed E-state index contributed by atoms with van der Waals surface area (Å²) in [5.74, 6) is 20.1. The lowest BCUT2D eigenvalue weighted by Gasteiger charge is -1.83. The lowest BCUT2D eigenvalue weighted by Crippen LogP contribution is -1.91. The van der Waals surface area contributed by atoms with Gasteiger partial charge in [-0.25, -0.2) is 0 Å². The van der Waals surface area contributed by atoms with E-state index in [-0.39, 0.29) is 13.2 Å². The van der Waals surface area contributed by atoms with E-state index in [1.807, 2.05) is 0 Å². The summed E-state index contributed by atoms with van der Waals surface area (Å²) in [5, 5.41) is 33.8. The summed E-state index contributed by atoms with van der Waals surface area (Å²) >= 11 is 0. The van der Waals surface area contributed by atoms with Gasteiger partial charge in [0, 0.05) is 0 Å². The van der Waals surface area contributed by atoms with Crippen LogP contribution in [0.3, 0.4) is 0 Å². The zero-order chi connectivity index (χ0) is 17.1. The number of rotatable bonds is 0. The van der Waals surface area contributed by atoms with Crippen molar-refractivity contribution in [3.63, 3.8) is 0 Å². The van der Waals surface area contributed by atoms with Crippen LogP contribution in [-0.4, -0.2) is 45.8 Å². The standard InChI is InChI=1S/2C9H10O2/c2*1-9(11)7-5-3-2-4-6-8-10/h2*2-3,9-11H,8H2,1H3/b2*3-2-/t2*9-/m10/s1. The molecule has 0 spiro atoms. The molecule has 4 N–H and O–H groups in total. The van der Waals surface area contributed by atoms with E-state index >= 15 is 0 Å². The van der Waals surface area contributed by atoms with E-state index in [1.165, 1.54) is 24.3 Å². The van der Waals surface area contributed by atoms with E-state index in [9.17, 15) is 0 Å². The number of allylic oxidation sites excluding steroid dienone is 4. The average molecular weight is 300 g/mol. The molecular weight excluding hydrogens is 280 g/mol. The zero-order valence-corrected chi connectivity index (χ0v) is 12.7. The van der Waals surface area contributed by atoms with Gasteiger partial charge >= 0.3 is 0 Å². The molecule has 0 radical (unpaired) electrons. The van der Waals surface area contributed by atoms with Crippen LogP contribution in [0.5, 0.6) is 0 Å². The van der Waals surface area contributed by atoms with E-state index in [0.717, 1.165) is 0 Å². The molecule has 116 valence electrons. The number of hydrogen-bond donors (Lipinski definition) is 4. The SMILES string of the molecule is C[C@@H](O)C#C/C=C\C#CCO.C[C@H](O)C#C/C=C\C#CCO. The molecule has 22 heavy (non-hydrogen) atoms. The number of hydrogen-bond acceptors (Lipinski definition) is 4. The number of aliphatic hydroxyl groups is 4. The second kappa shape index (κ2) is 18.6. The molecule has 0 aromatic carbocycles. The molecule has 0 bridgehead atoms. The molecule has 0 amide bonds. The lowest BCUT2D eigenvalue weighted by atomic mass is 10.4. The average Bonchev–Trinajstić information content (AvgIpc) is 2.46. The van der Waals surface area contributed by atoms with Crippen LogP contribution >= 0.6 is 0 Å². The van der Waals surface area contributed by atoms with Crippen molar-refractivity contribution in [2.45, 2.75) is 26.1 Å². The topological polar surface area (TPSA) is 80.9 Å². The molecule has 4 heteroatoms. The number of aliphatic hydroxyl groups excluding tert-OH is 4. The first kappa shape index (κ1) is 21.9. The molecule has 0 saturated carbocycles. The Morgan fingerprint density at radius 2 is 1.00 bits per heavy atom. The molecule has 0 aromatic rings. The third-order valence-corrected chi connectivity index (χ3v) is 1.45. The normalized spacial score (nSPS) is 11.2. The Labute approximate surface area is 132 Å². The minimum atomic E-state index is -0.606. The Morgan fingerprint density at radius 3 is 1.27 bits per heavy atom. The van der Waals surface area contributed by atoms with Crippen LogP contribution in [0, 0.1) is 47.4 Å². The molecule has 0 unspecified atom stereocenters. The minimum Gasteiger partial charge on any atom is -0.384 e. The lowest BCUT2D eigenvalue weighted by molar-refractivity contribution is 0.253. The summed E-state index contributed by atoms with van der Waals surface area (Å²) in [7, 11) is 0. The summed E-state index contributed by atoms with van der Waals surface area (Å²) in [4.78, 5) is 0. The minimum absolute atomic E-state index is 0.145. The Bertz CT molecular complexity index is 514. The highest BCUT2D eigenvalue weighted by Crippen LogP contribution is 1.74. The van der Waals surface area contributed by atoms with E-state index in [1.54, 1.807) is 13.8 Å². The quantitative estimate of drug-likeness (QED) is 0.469. The predicted octanol–water partition coefficient (Wildman–Crippen LogP) is -0.155. The maximum atomic E-state index is 8.67. The van der Waals surface area contributed by atoms with Crippen molar-refractivity contribution in [1.29, 1.82) is 0 Å². The van der Waals surface area contributed by atoms with E-state index in [0.29, 0.717) is 0 Å². The fourth-order valence-electron chi connectivity index (χ4n) is 0.713.